The summed E-state index contributed by atoms with van der Waals surface area (Å²) in [6.45, 7) is 0.724. The van der Waals surface area contributed by atoms with Crippen LogP contribution in [0.2, 0.25) is 0 Å². The topological polar surface area (TPSA) is 102 Å². The molecule has 10 heteroatoms. The minimum absolute atomic E-state index is 0.0186. The predicted molar refractivity (Wildman–Crippen MR) is 109 cm³/mol. The van der Waals surface area contributed by atoms with Gasteiger partial charge in [-0.25, -0.2) is 13.2 Å². The van der Waals surface area contributed by atoms with Crippen molar-refractivity contribution in [2.45, 2.75) is 11.0 Å². The van der Waals surface area contributed by atoms with E-state index in [1.54, 1.807) is 35.2 Å². The van der Waals surface area contributed by atoms with Crippen LogP contribution in [-0.4, -0.2) is 75.5 Å². The number of piperazine rings is 1. The summed E-state index contributed by atoms with van der Waals surface area (Å²) in [6, 6.07) is 13.0. The highest BCUT2D eigenvalue weighted by molar-refractivity contribution is 7.89. The van der Waals surface area contributed by atoms with E-state index < -0.39 is 22.1 Å². The van der Waals surface area contributed by atoms with Gasteiger partial charge in [-0.2, -0.15) is 4.31 Å². The molecule has 0 aromatic heterocycles. The number of carbonyl (C=O) groups excluding carboxylic acids is 2. The molecule has 2 aliphatic heterocycles. The number of carbonyl (C=O) groups is 2. The molecule has 0 bridgehead atoms. The van der Waals surface area contributed by atoms with Crippen LogP contribution >= 0.6 is 0 Å². The second-order valence-corrected chi connectivity index (χ2v) is 8.99. The van der Waals surface area contributed by atoms with Gasteiger partial charge >= 0.3 is 5.97 Å². The van der Waals surface area contributed by atoms with Gasteiger partial charge in [0.05, 0.1) is 17.6 Å². The van der Waals surface area contributed by atoms with Crippen molar-refractivity contribution in [1.82, 2.24) is 9.21 Å². The van der Waals surface area contributed by atoms with Gasteiger partial charge in [-0.3, -0.25) is 4.79 Å². The third-order valence-corrected chi connectivity index (χ3v) is 7.20. The number of esters is 1. The van der Waals surface area contributed by atoms with E-state index >= 15 is 0 Å². The maximum Gasteiger partial charge on any atom is 0.339 e. The Kier molecular flexibility index (Phi) is 5.84. The molecule has 1 saturated heterocycles. The molecule has 1 atom stereocenters. The number of fused-ring (bicyclic) bond motifs is 1. The summed E-state index contributed by atoms with van der Waals surface area (Å²) < 4.78 is 43.6. The minimum Gasteiger partial charge on any atom is -0.485 e. The lowest BCUT2D eigenvalue weighted by atomic mass is 10.2. The summed E-state index contributed by atoms with van der Waals surface area (Å²) in [7, 11) is -2.72. The van der Waals surface area contributed by atoms with E-state index in [0.717, 1.165) is 0 Å². The summed E-state index contributed by atoms with van der Waals surface area (Å²) in [5.74, 6) is 0.128. The van der Waals surface area contributed by atoms with Crippen LogP contribution in [0.5, 0.6) is 11.5 Å². The summed E-state index contributed by atoms with van der Waals surface area (Å²) in [6.07, 6.45) is -0.780. The summed E-state index contributed by atoms with van der Waals surface area (Å²) in [5.41, 5.74) is -0.0186. The Morgan fingerprint density at radius 3 is 2.32 bits per heavy atom. The van der Waals surface area contributed by atoms with Gasteiger partial charge in [0.1, 0.15) is 6.61 Å². The quantitative estimate of drug-likeness (QED) is 0.649. The Morgan fingerprint density at radius 1 is 0.968 bits per heavy atom. The highest BCUT2D eigenvalue weighted by atomic mass is 32.2. The molecule has 1 fully saturated rings. The standard InChI is InChI=1S/C21H22N2O7S/c1-28-21(25)15-6-2-5-9-19(15)31(26,27)23-12-10-22(11-13-23)20(24)18-14-29-16-7-3-4-8-17(16)30-18/h2-9,18H,10-14H2,1H3. The molecule has 0 aliphatic carbocycles. The van der Waals surface area contributed by atoms with Gasteiger partial charge in [-0.05, 0) is 24.3 Å². The first-order chi connectivity index (χ1) is 14.9. The Bertz CT molecular complexity index is 1090. The molecular formula is C21H22N2O7S. The van der Waals surface area contributed by atoms with E-state index in [4.69, 9.17) is 14.2 Å². The second-order valence-electron chi connectivity index (χ2n) is 7.08. The number of nitrogens with zero attached hydrogens (tertiary/aromatic N) is 2. The van der Waals surface area contributed by atoms with Crippen molar-refractivity contribution in [3.8, 4) is 11.5 Å². The number of amides is 1. The summed E-state index contributed by atoms with van der Waals surface area (Å²) in [4.78, 5) is 26.3. The van der Waals surface area contributed by atoms with Crippen LogP contribution in [0.15, 0.2) is 53.4 Å². The summed E-state index contributed by atoms with van der Waals surface area (Å²) in [5, 5.41) is 0. The number of ether oxygens (including phenoxy) is 3. The largest absolute Gasteiger partial charge is 0.485 e. The molecule has 0 saturated carbocycles. The van der Waals surface area contributed by atoms with Gasteiger partial charge in [0.15, 0.2) is 11.5 Å². The van der Waals surface area contributed by atoms with E-state index in [0.29, 0.717) is 11.5 Å². The van der Waals surface area contributed by atoms with E-state index in [1.165, 1.54) is 23.5 Å². The average Bonchev–Trinajstić information content (AvgIpc) is 2.82. The molecule has 0 N–H and O–H groups in total. The Morgan fingerprint density at radius 2 is 1.61 bits per heavy atom. The Balaban J connectivity index is 1.43. The van der Waals surface area contributed by atoms with Crippen LogP contribution in [0, 0.1) is 0 Å². The molecule has 1 unspecified atom stereocenters. The first-order valence-corrected chi connectivity index (χ1v) is 11.2. The van der Waals surface area contributed by atoms with Crippen molar-refractivity contribution < 1.29 is 32.2 Å². The van der Waals surface area contributed by atoms with Gasteiger partial charge in [0.25, 0.3) is 5.91 Å². The van der Waals surface area contributed by atoms with Gasteiger partial charge in [0, 0.05) is 26.2 Å². The number of hydrogen-bond donors (Lipinski definition) is 0. The first kappa shape index (κ1) is 21.1. The maximum atomic E-state index is 13.1. The van der Waals surface area contributed by atoms with Gasteiger partial charge in [-0.1, -0.05) is 24.3 Å². The zero-order valence-electron chi connectivity index (χ0n) is 16.9. The molecule has 9 nitrogen and oxygen atoms in total. The van der Waals surface area contributed by atoms with Crippen LogP contribution in [0.4, 0.5) is 0 Å². The fraction of sp³-hybridized carbons (Fsp3) is 0.333. The number of hydrogen-bond acceptors (Lipinski definition) is 7. The highest BCUT2D eigenvalue weighted by Crippen LogP contribution is 2.31. The van der Waals surface area contributed by atoms with Crippen molar-refractivity contribution in [2.24, 2.45) is 0 Å². The molecule has 31 heavy (non-hydrogen) atoms. The van der Waals surface area contributed by atoms with Crippen molar-refractivity contribution in [2.75, 3.05) is 39.9 Å². The van der Waals surface area contributed by atoms with E-state index in [-0.39, 0.29) is 49.2 Å². The fourth-order valence-corrected chi connectivity index (χ4v) is 5.20. The number of rotatable bonds is 4. The molecule has 1 amide bonds. The monoisotopic (exact) mass is 446 g/mol. The molecule has 0 radical (unpaired) electrons. The number of methoxy groups -OCH3 is 1. The zero-order chi connectivity index (χ0) is 22.0. The van der Waals surface area contributed by atoms with Gasteiger partial charge in [-0.15, -0.1) is 0 Å². The second kappa shape index (κ2) is 8.56. The van der Waals surface area contributed by atoms with E-state index in [2.05, 4.69) is 0 Å². The highest BCUT2D eigenvalue weighted by Gasteiger charge is 2.36. The first-order valence-electron chi connectivity index (χ1n) is 9.76. The van der Waals surface area contributed by atoms with E-state index in [9.17, 15) is 18.0 Å². The molecule has 2 heterocycles. The van der Waals surface area contributed by atoms with Crippen LogP contribution in [0.3, 0.4) is 0 Å². The summed E-state index contributed by atoms with van der Waals surface area (Å²) >= 11 is 0. The Hall–Kier alpha value is -3.11. The molecule has 0 spiro atoms. The average molecular weight is 446 g/mol. The lowest BCUT2D eigenvalue weighted by molar-refractivity contribution is -0.142. The van der Waals surface area contributed by atoms with Crippen molar-refractivity contribution in [3.63, 3.8) is 0 Å². The van der Waals surface area contributed by atoms with Crippen LogP contribution in [0.25, 0.3) is 0 Å². The lowest BCUT2D eigenvalue weighted by Crippen LogP contribution is -2.55. The number of benzene rings is 2. The minimum atomic E-state index is -3.92. The molecule has 4 rings (SSSR count). The molecule has 164 valence electrons. The van der Waals surface area contributed by atoms with Gasteiger partial charge < -0.3 is 19.1 Å². The SMILES string of the molecule is COC(=O)c1ccccc1S(=O)(=O)N1CCN(C(=O)C2COc3ccccc3O2)CC1. The smallest absolute Gasteiger partial charge is 0.339 e. The third kappa shape index (κ3) is 4.08. The molecule has 2 aromatic rings. The van der Waals surface area contributed by atoms with Crippen molar-refractivity contribution in [3.05, 3.63) is 54.1 Å². The zero-order valence-corrected chi connectivity index (χ0v) is 17.7. The Labute approximate surface area is 180 Å². The lowest BCUT2D eigenvalue weighted by Gasteiger charge is -2.36. The molecule has 2 aromatic carbocycles. The number of sulfonamides is 1. The van der Waals surface area contributed by atoms with Crippen LogP contribution in [-0.2, 0) is 19.6 Å². The molecule has 2 aliphatic rings. The van der Waals surface area contributed by atoms with Gasteiger partial charge in [0.2, 0.25) is 16.1 Å². The predicted octanol–water partition coefficient (Wildman–Crippen LogP) is 1.15. The van der Waals surface area contributed by atoms with Crippen LogP contribution < -0.4 is 9.47 Å². The van der Waals surface area contributed by atoms with Crippen molar-refractivity contribution >= 4 is 21.9 Å². The molecular weight excluding hydrogens is 424 g/mol. The normalized spacial score (nSPS) is 19.0. The fourth-order valence-electron chi connectivity index (χ4n) is 3.60. The van der Waals surface area contributed by atoms with E-state index in [1.807, 2.05) is 6.07 Å². The van der Waals surface area contributed by atoms with Crippen molar-refractivity contribution in [1.29, 1.82) is 0 Å². The third-order valence-electron chi connectivity index (χ3n) is 5.24. The maximum absolute atomic E-state index is 13.1. The number of para-hydroxylation sites is 2. The van der Waals surface area contributed by atoms with Crippen LogP contribution in [0.1, 0.15) is 10.4 Å².